The first-order chi connectivity index (χ1) is 16.2. The molecule has 0 radical (unpaired) electrons. The van der Waals surface area contributed by atoms with Crippen LogP contribution in [-0.2, 0) is 10.0 Å². The lowest BCUT2D eigenvalue weighted by molar-refractivity contribution is 0.306. The molecule has 0 spiro atoms. The van der Waals surface area contributed by atoms with Gasteiger partial charge in [0.15, 0.2) is 11.5 Å². The number of nitrogens with one attached hydrogen (secondary N) is 1. The summed E-state index contributed by atoms with van der Waals surface area (Å²) in [5.41, 5.74) is 3.13. The van der Waals surface area contributed by atoms with Crippen LogP contribution in [0.4, 0.5) is 4.39 Å². The number of rotatable bonds is 8. The summed E-state index contributed by atoms with van der Waals surface area (Å²) in [6.45, 7) is 5.45. The van der Waals surface area contributed by atoms with Gasteiger partial charge in [0.1, 0.15) is 18.2 Å². The Bertz CT molecular complexity index is 1470. The second-order valence-electron chi connectivity index (χ2n) is 7.70. The summed E-state index contributed by atoms with van der Waals surface area (Å²) in [7, 11) is -2.19. The summed E-state index contributed by atoms with van der Waals surface area (Å²) in [6, 6.07) is 10.8. The summed E-state index contributed by atoms with van der Waals surface area (Å²) in [6.07, 6.45) is 0. The highest BCUT2D eigenvalue weighted by molar-refractivity contribution is 7.89. The first-order valence-corrected chi connectivity index (χ1v) is 11.9. The van der Waals surface area contributed by atoms with Crippen LogP contribution in [0, 0.1) is 26.6 Å². The van der Waals surface area contributed by atoms with Gasteiger partial charge in [0.25, 0.3) is 0 Å². The fourth-order valence-electron chi connectivity index (χ4n) is 3.68. The number of methoxy groups -OCH3 is 1. The Kier molecular flexibility index (Phi) is 6.49. The molecular formula is C23H24FN5O4S. The van der Waals surface area contributed by atoms with Crippen LogP contribution in [0.5, 0.6) is 11.6 Å². The van der Waals surface area contributed by atoms with Crippen LogP contribution in [0.25, 0.3) is 17.0 Å². The van der Waals surface area contributed by atoms with Crippen molar-refractivity contribution in [2.75, 3.05) is 20.3 Å². The Balaban J connectivity index is 1.46. The molecule has 9 nitrogen and oxygen atoms in total. The number of aromatic nitrogens is 4. The zero-order valence-electron chi connectivity index (χ0n) is 19.2. The highest BCUT2D eigenvalue weighted by Crippen LogP contribution is 2.30. The number of nitrogens with zero attached hydrogens (tertiary/aromatic N) is 4. The molecule has 2 aromatic carbocycles. The van der Waals surface area contributed by atoms with Gasteiger partial charge in [-0.1, -0.05) is 12.1 Å². The molecule has 2 aromatic heterocycles. The van der Waals surface area contributed by atoms with E-state index in [1.807, 2.05) is 6.92 Å². The third kappa shape index (κ3) is 4.57. The highest BCUT2D eigenvalue weighted by Gasteiger charge is 2.21. The summed E-state index contributed by atoms with van der Waals surface area (Å²) >= 11 is 0. The van der Waals surface area contributed by atoms with E-state index in [1.54, 1.807) is 51.3 Å². The largest absolute Gasteiger partial charge is 0.496 e. The maximum absolute atomic E-state index is 13.6. The number of hydrogen-bond acceptors (Lipinski definition) is 7. The average molecular weight is 486 g/mol. The Labute approximate surface area is 196 Å². The van der Waals surface area contributed by atoms with Gasteiger partial charge in [-0.3, -0.25) is 0 Å². The van der Waals surface area contributed by atoms with E-state index in [-0.39, 0.29) is 23.9 Å². The van der Waals surface area contributed by atoms with Gasteiger partial charge in [0.2, 0.25) is 15.9 Å². The summed E-state index contributed by atoms with van der Waals surface area (Å²) in [5, 5.41) is 12.5. The van der Waals surface area contributed by atoms with Crippen molar-refractivity contribution in [2.24, 2.45) is 0 Å². The average Bonchev–Trinajstić information content (AvgIpc) is 3.23. The Morgan fingerprint density at radius 1 is 1.06 bits per heavy atom. The van der Waals surface area contributed by atoms with Crippen molar-refractivity contribution in [3.05, 3.63) is 65.0 Å². The van der Waals surface area contributed by atoms with Gasteiger partial charge in [-0.2, -0.15) is 4.52 Å². The number of ether oxygens (including phenoxy) is 2. The van der Waals surface area contributed by atoms with Gasteiger partial charge >= 0.3 is 0 Å². The van der Waals surface area contributed by atoms with Crippen molar-refractivity contribution in [3.8, 4) is 23.0 Å². The van der Waals surface area contributed by atoms with E-state index < -0.39 is 15.8 Å². The van der Waals surface area contributed by atoms with E-state index >= 15 is 0 Å². The third-order valence-electron chi connectivity index (χ3n) is 5.44. The SMILES string of the molecule is COc1c(C)cc(S(=O)(=O)NCCOc2ccc3nnc(-c4cccc(F)c4)n3n2)c(C)c1C. The quantitative estimate of drug-likeness (QED) is 0.382. The molecule has 0 amide bonds. The lowest BCUT2D eigenvalue weighted by Crippen LogP contribution is -2.29. The minimum Gasteiger partial charge on any atom is -0.496 e. The van der Waals surface area contributed by atoms with Crippen molar-refractivity contribution >= 4 is 15.7 Å². The summed E-state index contributed by atoms with van der Waals surface area (Å²) < 4.78 is 54.3. The summed E-state index contributed by atoms with van der Waals surface area (Å²) in [4.78, 5) is 0.201. The molecule has 1 N–H and O–H groups in total. The van der Waals surface area contributed by atoms with E-state index in [0.717, 1.165) is 11.1 Å². The Hall–Kier alpha value is -3.57. The first-order valence-electron chi connectivity index (χ1n) is 10.5. The fourth-order valence-corrected chi connectivity index (χ4v) is 5.08. The number of aryl methyl sites for hydroxylation is 1. The number of halogens is 1. The number of benzene rings is 2. The molecule has 0 saturated heterocycles. The monoisotopic (exact) mass is 485 g/mol. The van der Waals surface area contributed by atoms with Gasteiger partial charge in [0.05, 0.1) is 12.0 Å². The van der Waals surface area contributed by atoms with Gasteiger partial charge < -0.3 is 9.47 Å². The highest BCUT2D eigenvalue weighted by atomic mass is 32.2. The molecule has 34 heavy (non-hydrogen) atoms. The maximum atomic E-state index is 13.6. The lowest BCUT2D eigenvalue weighted by atomic mass is 10.1. The van der Waals surface area contributed by atoms with Crippen molar-refractivity contribution in [3.63, 3.8) is 0 Å². The molecular weight excluding hydrogens is 461 g/mol. The molecule has 4 aromatic rings. The topological polar surface area (TPSA) is 108 Å². The third-order valence-corrected chi connectivity index (χ3v) is 7.02. The zero-order chi connectivity index (χ0) is 24.5. The van der Waals surface area contributed by atoms with Crippen LogP contribution in [0.3, 0.4) is 0 Å². The Morgan fingerprint density at radius 3 is 2.59 bits per heavy atom. The van der Waals surface area contributed by atoms with Gasteiger partial charge in [-0.25, -0.2) is 17.5 Å². The van der Waals surface area contributed by atoms with Crippen LogP contribution in [0.1, 0.15) is 16.7 Å². The van der Waals surface area contributed by atoms with E-state index in [2.05, 4.69) is 20.0 Å². The van der Waals surface area contributed by atoms with Crippen LogP contribution in [-0.4, -0.2) is 48.5 Å². The van der Waals surface area contributed by atoms with Crippen molar-refractivity contribution in [1.29, 1.82) is 0 Å². The van der Waals surface area contributed by atoms with Crippen molar-refractivity contribution < 1.29 is 22.3 Å². The minimum absolute atomic E-state index is 0.0323. The molecule has 11 heteroatoms. The lowest BCUT2D eigenvalue weighted by Gasteiger charge is -2.16. The molecule has 0 aliphatic carbocycles. The van der Waals surface area contributed by atoms with E-state index in [4.69, 9.17) is 9.47 Å². The van der Waals surface area contributed by atoms with E-state index in [1.165, 1.54) is 16.6 Å². The molecule has 0 unspecified atom stereocenters. The van der Waals surface area contributed by atoms with Gasteiger partial charge in [0, 0.05) is 18.2 Å². The predicted molar refractivity (Wildman–Crippen MR) is 124 cm³/mol. The smallest absolute Gasteiger partial charge is 0.240 e. The number of sulfonamides is 1. The van der Waals surface area contributed by atoms with Crippen LogP contribution in [0.2, 0.25) is 0 Å². The number of hydrogen-bond donors (Lipinski definition) is 1. The predicted octanol–water partition coefficient (Wildman–Crippen LogP) is 3.22. The molecule has 0 atom stereocenters. The molecule has 0 aliphatic heterocycles. The molecule has 0 fully saturated rings. The fraction of sp³-hybridized carbons (Fsp3) is 0.261. The van der Waals surface area contributed by atoms with Gasteiger partial charge in [-0.15, -0.1) is 15.3 Å². The second kappa shape index (κ2) is 9.35. The van der Waals surface area contributed by atoms with Crippen molar-refractivity contribution in [2.45, 2.75) is 25.7 Å². The normalized spacial score (nSPS) is 11.7. The molecule has 0 aliphatic rings. The van der Waals surface area contributed by atoms with Gasteiger partial charge in [-0.05, 0) is 61.7 Å². The molecule has 0 bridgehead atoms. The van der Waals surface area contributed by atoms with E-state index in [0.29, 0.717) is 28.3 Å². The maximum Gasteiger partial charge on any atom is 0.240 e. The van der Waals surface area contributed by atoms with Crippen LogP contribution in [0.15, 0.2) is 47.4 Å². The second-order valence-corrected chi connectivity index (χ2v) is 9.43. The molecule has 4 rings (SSSR count). The van der Waals surface area contributed by atoms with Crippen LogP contribution >= 0.6 is 0 Å². The molecule has 2 heterocycles. The standard InChI is InChI=1S/C23H24FN5O4S/c1-14-12-19(15(2)16(3)22(14)32-4)34(30,31)25-10-11-33-21-9-8-20-26-27-23(29(20)28-21)17-6-5-7-18(24)13-17/h5-9,12-13,25H,10-11H2,1-4H3. The first kappa shape index (κ1) is 23.6. The van der Waals surface area contributed by atoms with E-state index in [9.17, 15) is 12.8 Å². The number of fused-ring (bicyclic) bond motifs is 1. The van der Waals surface area contributed by atoms with Crippen molar-refractivity contribution in [1.82, 2.24) is 24.5 Å². The van der Waals surface area contributed by atoms with Crippen LogP contribution < -0.4 is 14.2 Å². The molecule has 0 saturated carbocycles. The Morgan fingerprint density at radius 2 is 1.85 bits per heavy atom. The zero-order valence-corrected chi connectivity index (χ0v) is 20.0. The summed E-state index contributed by atoms with van der Waals surface area (Å²) in [5.74, 6) is 0.886. The molecule has 178 valence electrons. The minimum atomic E-state index is -3.75.